The SMILES string of the molecule is O[C@H](N=C(c1ccccc1)N1CCOCC1)C(Cl)(Cl)Cl. The van der Waals surface area contributed by atoms with Gasteiger partial charge in [-0.1, -0.05) is 65.1 Å². The van der Waals surface area contributed by atoms with Crippen molar-refractivity contribution in [1.82, 2.24) is 4.90 Å². The molecule has 1 heterocycles. The van der Waals surface area contributed by atoms with Crippen molar-refractivity contribution in [3.63, 3.8) is 0 Å². The summed E-state index contributed by atoms with van der Waals surface area (Å²) in [6, 6.07) is 9.50. The fraction of sp³-hybridized carbons (Fsp3) is 0.462. The molecule has 0 aromatic heterocycles. The van der Waals surface area contributed by atoms with E-state index in [0.29, 0.717) is 32.1 Å². The van der Waals surface area contributed by atoms with Crippen molar-refractivity contribution in [2.45, 2.75) is 10.0 Å². The Balaban J connectivity index is 2.31. The fourth-order valence-corrected chi connectivity index (χ4v) is 2.04. The van der Waals surface area contributed by atoms with Crippen LogP contribution in [-0.4, -0.2) is 52.2 Å². The molecule has 1 aliphatic heterocycles. The lowest BCUT2D eigenvalue weighted by atomic mass is 10.2. The molecule has 0 saturated carbocycles. The van der Waals surface area contributed by atoms with Crippen LogP contribution in [0.3, 0.4) is 0 Å². The Kier molecular flexibility index (Phi) is 5.52. The summed E-state index contributed by atoms with van der Waals surface area (Å²) in [6.45, 7) is 2.58. The smallest absolute Gasteiger partial charge is 0.236 e. The van der Waals surface area contributed by atoms with Gasteiger partial charge in [0.25, 0.3) is 0 Å². The van der Waals surface area contributed by atoms with E-state index in [1.54, 1.807) is 0 Å². The van der Waals surface area contributed by atoms with Crippen molar-refractivity contribution in [2.24, 2.45) is 4.99 Å². The Bertz CT molecular complexity index is 456. The molecule has 20 heavy (non-hydrogen) atoms. The van der Waals surface area contributed by atoms with E-state index in [-0.39, 0.29) is 0 Å². The lowest BCUT2D eigenvalue weighted by Crippen LogP contribution is -2.42. The topological polar surface area (TPSA) is 45.1 Å². The molecular formula is C13H15Cl3N2O2. The zero-order valence-corrected chi connectivity index (χ0v) is 12.9. The molecule has 0 unspecified atom stereocenters. The third kappa shape index (κ3) is 4.24. The molecule has 0 amide bonds. The summed E-state index contributed by atoms with van der Waals surface area (Å²) in [5.74, 6) is 0.604. The van der Waals surface area contributed by atoms with E-state index < -0.39 is 10.0 Å². The van der Waals surface area contributed by atoms with Crippen molar-refractivity contribution in [3.8, 4) is 0 Å². The number of benzene rings is 1. The highest BCUT2D eigenvalue weighted by atomic mass is 35.6. The quantitative estimate of drug-likeness (QED) is 0.512. The van der Waals surface area contributed by atoms with Gasteiger partial charge in [-0.3, -0.25) is 0 Å². The highest BCUT2D eigenvalue weighted by molar-refractivity contribution is 6.68. The highest BCUT2D eigenvalue weighted by Gasteiger charge is 2.32. The summed E-state index contributed by atoms with van der Waals surface area (Å²) < 4.78 is 3.47. The van der Waals surface area contributed by atoms with Gasteiger partial charge in [-0.15, -0.1) is 0 Å². The van der Waals surface area contributed by atoms with Crippen LogP contribution in [0.2, 0.25) is 0 Å². The van der Waals surface area contributed by atoms with Gasteiger partial charge in [-0.2, -0.15) is 0 Å². The van der Waals surface area contributed by atoms with Gasteiger partial charge in [-0.25, -0.2) is 4.99 Å². The molecule has 0 bridgehead atoms. The van der Waals surface area contributed by atoms with Crippen molar-refractivity contribution in [1.29, 1.82) is 0 Å². The van der Waals surface area contributed by atoms with Crippen LogP contribution in [0.15, 0.2) is 35.3 Å². The summed E-state index contributed by atoms with van der Waals surface area (Å²) in [5, 5.41) is 9.91. The summed E-state index contributed by atoms with van der Waals surface area (Å²) in [5.41, 5.74) is 0.864. The van der Waals surface area contributed by atoms with Crippen molar-refractivity contribution in [2.75, 3.05) is 26.3 Å². The molecule has 1 fully saturated rings. The first kappa shape index (κ1) is 15.9. The molecule has 2 rings (SSSR count). The molecule has 0 aliphatic carbocycles. The third-order valence-corrected chi connectivity index (χ3v) is 3.47. The largest absolute Gasteiger partial charge is 0.378 e. The van der Waals surface area contributed by atoms with Crippen LogP contribution in [0.4, 0.5) is 0 Å². The average Bonchev–Trinajstić information content (AvgIpc) is 2.45. The maximum Gasteiger partial charge on any atom is 0.236 e. The number of halogens is 3. The normalized spacial score (nSPS) is 19.0. The van der Waals surface area contributed by atoms with E-state index in [2.05, 4.69) is 4.99 Å². The number of alkyl halides is 3. The maximum atomic E-state index is 9.91. The Hall–Kier alpha value is -0.520. The van der Waals surface area contributed by atoms with Crippen LogP contribution in [0.5, 0.6) is 0 Å². The lowest BCUT2D eigenvalue weighted by molar-refractivity contribution is 0.0672. The van der Waals surface area contributed by atoms with Gasteiger partial charge in [0.15, 0.2) is 6.23 Å². The highest BCUT2D eigenvalue weighted by Crippen LogP contribution is 2.31. The molecule has 1 aliphatic rings. The number of hydrogen-bond acceptors (Lipinski definition) is 3. The average molecular weight is 338 g/mol. The number of amidine groups is 1. The first-order chi connectivity index (χ1) is 9.48. The molecule has 1 aromatic carbocycles. The number of hydrogen-bond donors (Lipinski definition) is 1. The second-order valence-corrected chi connectivity index (χ2v) is 6.70. The van der Waals surface area contributed by atoms with Gasteiger partial charge >= 0.3 is 0 Å². The van der Waals surface area contributed by atoms with E-state index in [1.807, 2.05) is 35.2 Å². The molecule has 1 N–H and O–H groups in total. The minimum absolute atomic E-state index is 0.604. The van der Waals surface area contributed by atoms with Crippen molar-refractivity contribution >= 4 is 40.6 Å². The second kappa shape index (κ2) is 6.96. The van der Waals surface area contributed by atoms with Crippen LogP contribution in [-0.2, 0) is 4.74 Å². The van der Waals surface area contributed by atoms with E-state index in [0.717, 1.165) is 5.56 Å². The van der Waals surface area contributed by atoms with Crippen LogP contribution in [0.1, 0.15) is 5.56 Å². The van der Waals surface area contributed by atoms with Gasteiger partial charge in [-0.05, 0) is 0 Å². The fourth-order valence-electron chi connectivity index (χ4n) is 1.89. The number of nitrogens with zero attached hydrogens (tertiary/aromatic N) is 2. The number of aliphatic hydroxyl groups is 1. The number of aliphatic hydroxyl groups excluding tert-OH is 1. The van der Waals surface area contributed by atoms with Gasteiger partial charge in [0.1, 0.15) is 5.84 Å². The maximum absolute atomic E-state index is 9.91. The van der Waals surface area contributed by atoms with Gasteiger partial charge in [0.2, 0.25) is 3.79 Å². The van der Waals surface area contributed by atoms with Gasteiger partial charge in [0.05, 0.1) is 13.2 Å². The van der Waals surface area contributed by atoms with Crippen LogP contribution in [0.25, 0.3) is 0 Å². The zero-order valence-electron chi connectivity index (χ0n) is 10.7. The summed E-state index contributed by atoms with van der Waals surface area (Å²) >= 11 is 17.1. The third-order valence-electron chi connectivity index (χ3n) is 2.88. The molecule has 4 nitrogen and oxygen atoms in total. The number of morpholine rings is 1. The van der Waals surface area contributed by atoms with Crippen molar-refractivity contribution < 1.29 is 9.84 Å². The van der Waals surface area contributed by atoms with E-state index >= 15 is 0 Å². The molecule has 0 radical (unpaired) electrons. The number of aliphatic imine (C=N–C) groups is 1. The van der Waals surface area contributed by atoms with E-state index in [1.165, 1.54) is 0 Å². The van der Waals surface area contributed by atoms with Crippen LogP contribution in [0, 0.1) is 0 Å². The predicted octanol–water partition coefficient (Wildman–Crippen LogP) is 2.45. The summed E-state index contributed by atoms with van der Waals surface area (Å²) in [4.78, 5) is 6.20. The Labute approximate surface area is 132 Å². The zero-order chi connectivity index (χ0) is 14.6. The predicted molar refractivity (Wildman–Crippen MR) is 81.7 cm³/mol. The molecule has 0 spiro atoms. The van der Waals surface area contributed by atoms with Gasteiger partial charge < -0.3 is 14.7 Å². The minimum Gasteiger partial charge on any atom is -0.378 e. The standard InChI is InChI=1S/C13H15Cl3N2O2/c14-13(15,16)12(19)17-11(10-4-2-1-3-5-10)18-6-8-20-9-7-18/h1-5,12,19H,6-9H2/t12-/m0/s1. The summed E-state index contributed by atoms with van der Waals surface area (Å²) in [6.07, 6.45) is -1.43. The Morgan fingerprint density at radius 3 is 2.35 bits per heavy atom. The van der Waals surface area contributed by atoms with Gasteiger partial charge in [0, 0.05) is 18.7 Å². The molecule has 1 aromatic rings. The van der Waals surface area contributed by atoms with E-state index in [4.69, 9.17) is 39.5 Å². The molecule has 1 atom stereocenters. The first-order valence-corrected chi connectivity index (χ1v) is 7.32. The first-order valence-electron chi connectivity index (χ1n) is 6.19. The summed E-state index contributed by atoms with van der Waals surface area (Å²) in [7, 11) is 0. The lowest BCUT2D eigenvalue weighted by Gasteiger charge is -2.31. The Morgan fingerprint density at radius 1 is 1.20 bits per heavy atom. The van der Waals surface area contributed by atoms with E-state index in [9.17, 15) is 5.11 Å². The minimum atomic E-state index is -1.85. The molecule has 110 valence electrons. The monoisotopic (exact) mass is 336 g/mol. The number of ether oxygens (including phenoxy) is 1. The molecular weight excluding hydrogens is 323 g/mol. The van der Waals surface area contributed by atoms with Crippen LogP contribution < -0.4 is 0 Å². The molecule has 1 saturated heterocycles. The Morgan fingerprint density at radius 2 is 1.80 bits per heavy atom. The van der Waals surface area contributed by atoms with Crippen molar-refractivity contribution in [3.05, 3.63) is 35.9 Å². The number of rotatable bonds is 2. The molecule has 7 heteroatoms. The van der Waals surface area contributed by atoms with Crippen LogP contribution >= 0.6 is 34.8 Å². The second-order valence-electron chi connectivity index (χ2n) is 4.33.